The molecule has 0 bridgehead atoms. The lowest BCUT2D eigenvalue weighted by atomic mass is 9.81. The van der Waals surface area contributed by atoms with Crippen molar-refractivity contribution < 1.29 is 0 Å². The summed E-state index contributed by atoms with van der Waals surface area (Å²) in [6.45, 7) is 16.3. The Labute approximate surface area is 123 Å². The molecule has 0 fully saturated rings. The average Bonchev–Trinajstić information content (AvgIpc) is 2.37. The van der Waals surface area contributed by atoms with Crippen molar-refractivity contribution in [2.24, 2.45) is 11.3 Å². The van der Waals surface area contributed by atoms with Crippen molar-refractivity contribution >= 4 is 11.6 Å². The fraction of sp³-hybridized carbons (Fsp3) is 0.750. The molecule has 0 amide bonds. The molecular formula is C16H30N4. The van der Waals surface area contributed by atoms with Gasteiger partial charge in [0.15, 0.2) is 0 Å². The van der Waals surface area contributed by atoms with Crippen molar-refractivity contribution in [3.63, 3.8) is 0 Å². The zero-order chi connectivity index (χ0) is 15.5. The number of hydrogen-bond acceptors (Lipinski definition) is 4. The van der Waals surface area contributed by atoms with E-state index in [1.54, 1.807) is 0 Å². The minimum absolute atomic E-state index is 0.231. The number of anilines is 2. The van der Waals surface area contributed by atoms with E-state index < -0.39 is 0 Å². The van der Waals surface area contributed by atoms with Crippen molar-refractivity contribution in [1.82, 2.24) is 9.97 Å². The fourth-order valence-electron chi connectivity index (χ4n) is 1.72. The van der Waals surface area contributed by atoms with E-state index in [2.05, 4.69) is 69.1 Å². The van der Waals surface area contributed by atoms with Crippen LogP contribution in [0, 0.1) is 18.3 Å². The first-order chi connectivity index (χ1) is 9.19. The Morgan fingerprint density at radius 1 is 1.05 bits per heavy atom. The van der Waals surface area contributed by atoms with Gasteiger partial charge in [-0.25, -0.2) is 9.97 Å². The fourth-order valence-corrected chi connectivity index (χ4v) is 1.72. The van der Waals surface area contributed by atoms with Gasteiger partial charge < -0.3 is 10.6 Å². The number of hydrogen-bond donors (Lipinski definition) is 2. The highest BCUT2D eigenvalue weighted by molar-refractivity contribution is 5.57. The standard InChI is InChI=1S/C16H30N4/c1-10(2)13-19-14(17-8)12(5)15(20-13)18-9-16(6,7)11(3)4/h10-11H,9H2,1-8H3,(H2,17,18,19,20). The van der Waals surface area contributed by atoms with E-state index in [1.807, 2.05) is 7.05 Å². The monoisotopic (exact) mass is 278 g/mol. The molecule has 1 heterocycles. The Hall–Kier alpha value is -1.32. The third-order valence-corrected chi connectivity index (χ3v) is 4.19. The average molecular weight is 278 g/mol. The summed E-state index contributed by atoms with van der Waals surface area (Å²) in [5, 5.41) is 6.67. The summed E-state index contributed by atoms with van der Waals surface area (Å²) in [6, 6.07) is 0. The summed E-state index contributed by atoms with van der Waals surface area (Å²) in [4.78, 5) is 9.25. The van der Waals surface area contributed by atoms with E-state index in [9.17, 15) is 0 Å². The van der Waals surface area contributed by atoms with E-state index in [4.69, 9.17) is 0 Å². The van der Waals surface area contributed by atoms with Crippen LogP contribution >= 0.6 is 0 Å². The second kappa shape index (κ2) is 6.42. The van der Waals surface area contributed by atoms with Gasteiger partial charge in [-0.2, -0.15) is 0 Å². The van der Waals surface area contributed by atoms with Gasteiger partial charge in [-0.05, 0) is 18.3 Å². The van der Waals surface area contributed by atoms with E-state index >= 15 is 0 Å². The summed E-state index contributed by atoms with van der Waals surface area (Å²) >= 11 is 0. The van der Waals surface area contributed by atoms with Crippen molar-refractivity contribution in [2.45, 2.75) is 54.4 Å². The Morgan fingerprint density at radius 3 is 2.05 bits per heavy atom. The summed E-state index contributed by atoms with van der Waals surface area (Å²) in [6.07, 6.45) is 0. The van der Waals surface area contributed by atoms with E-state index in [-0.39, 0.29) is 5.41 Å². The minimum Gasteiger partial charge on any atom is -0.373 e. The molecule has 0 atom stereocenters. The molecule has 0 saturated carbocycles. The van der Waals surface area contributed by atoms with Gasteiger partial charge >= 0.3 is 0 Å². The van der Waals surface area contributed by atoms with Crippen LogP contribution in [0.25, 0.3) is 0 Å². The van der Waals surface area contributed by atoms with Gasteiger partial charge in [0.05, 0.1) is 0 Å². The molecule has 114 valence electrons. The van der Waals surface area contributed by atoms with E-state index in [0.717, 1.165) is 29.6 Å². The van der Waals surface area contributed by atoms with Crippen LogP contribution < -0.4 is 10.6 Å². The van der Waals surface area contributed by atoms with Crippen LogP contribution in [0.5, 0.6) is 0 Å². The van der Waals surface area contributed by atoms with Gasteiger partial charge in [0.2, 0.25) is 0 Å². The number of rotatable bonds is 6. The van der Waals surface area contributed by atoms with Crippen LogP contribution in [0.4, 0.5) is 11.6 Å². The third kappa shape index (κ3) is 3.84. The van der Waals surface area contributed by atoms with Gasteiger partial charge in [0.25, 0.3) is 0 Å². The molecule has 4 heteroatoms. The SMILES string of the molecule is CNc1nc(C(C)C)nc(NCC(C)(C)C(C)C)c1C. The normalized spacial score (nSPS) is 12.1. The summed E-state index contributed by atoms with van der Waals surface area (Å²) < 4.78 is 0. The van der Waals surface area contributed by atoms with Crippen molar-refractivity contribution in [3.05, 3.63) is 11.4 Å². The van der Waals surface area contributed by atoms with Crippen LogP contribution in [0.2, 0.25) is 0 Å². The first-order valence-electron chi connectivity index (χ1n) is 7.49. The first-order valence-corrected chi connectivity index (χ1v) is 7.49. The quantitative estimate of drug-likeness (QED) is 0.824. The van der Waals surface area contributed by atoms with Crippen molar-refractivity contribution in [2.75, 3.05) is 24.2 Å². The highest BCUT2D eigenvalue weighted by atomic mass is 15.1. The zero-order valence-corrected chi connectivity index (χ0v) is 14.3. The highest BCUT2D eigenvalue weighted by Crippen LogP contribution is 2.28. The molecule has 0 unspecified atom stereocenters. The molecule has 0 aliphatic carbocycles. The Bertz CT molecular complexity index is 450. The van der Waals surface area contributed by atoms with Crippen molar-refractivity contribution in [1.29, 1.82) is 0 Å². The van der Waals surface area contributed by atoms with E-state index in [0.29, 0.717) is 11.8 Å². The van der Waals surface area contributed by atoms with Gasteiger partial charge in [0, 0.05) is 25.1 Å². The second-order valence-corrected chi connectivity index (χ2v) is 6.81. The Balaban J connectivity index is 3.02. The molecule has 2 N–H and O–H groups in total. The molecule has 20 heavy (non-hydrogen) atoms. The second-order valence-electron chi connectivity index (χ2n) is 6.81. The first kappa shape index (κ1) is 16.7. The molecule has 0 aliphatic heterocycles. The summed E-state index contributed by atoms with van der Waals surface area (Å²) in [7, 11) is 1.90. The third-order valence-electron chi connectivity index (χ3n) is 4.19. The zero-order valence-electron chi connectivity index (χ0n) is 14.3. The number of aromatic nitrogens is 2. The molecule has 1 aromatic rings. The molecule has 0 spiro atoms. The highest BCUT2D eigenvalue weighted by Gasteiger charge is 2.23. The number of nitrogens with zero attached hydrogens (tertiary/aromatic N) is 2. The molecular weight excluding hydrogens is 248 g/mol. The maximum absolute atomic E-state index is 4.68. The van der Waals surface area contributed by atoms with Crippen LogP contribution in [0.1, 0.15) is 58.8 Å². The van der Waals surface area contributed by atoms with Crippen LogP contribution in [-0.4, -0.2) is 23.6 Å². The smallest absolute Gasteiger partial charge is 0.135 e. The van der Waals surface area contributed by atoms with Crippen LogP contribution in [0.3, 0.4) is 0 Å². The number of nitrogens with one attached hydrogen (secondary N) is 2. The minimum atomic E-state index is 0.231. The molecule has 0 saturated heterocycles. The largest absolute Gasteiger partial charge is 0.373 e. The van der Waals surface area contributed by atoms with Crippen LogP contribution in [-0.2, 0) is 0 Å². The summed E-state index contributed by atoms with van der Waals surface area (Å²) in [5.74, 6) is 3.67. The van der Waals surface area contributed by atoms with Gasteiger partial charge in [-0.3, -0.25) is 0 Å². The predicted octanol–water partition coefficient (Wildman–Crippen LogP) is 4.04. The van der Waals surface area contributed by atoms with Gasteiger partial charge in [-0.15, -0.1) is 0 Å². The Morgan fingerprint density at radius 2 is 1.60 bits per heavy atom. The maximum Gasteiger partial charge on any atom is 0.135 e. The van der Waals surface area contributed by atoms with E-state index in [1.165, 1.54) is 0 Å². The van der Waals surface area contributed by atoms with Gasteiger partial charge in [0.1, 0.15) is 17.5 Å². The molecule has 0 aliphatic rings. The lowest BCUT2D eigenvalue weighted by Crippen LogP contribution is -2.29. The topological polar surface area (TPSA) is 49.8 Å². The molecule has 1 aromatic heterocycles. The molecule has 0 radical (unpaired) electrons. The maximum atomic E-state index is 4.68. The Kier molecular flexibility index (Phi) is 5.37. The lowest BCUT2D eigenvalue weighted by Gasteiger charge is -2.30. The summed E-state index contributed by atoms with van der Waals surface area (Å²) in [5.41, 5.74) is 1.31. The predicted molar refractivity (Wildman–Crippen MR) is 87.5 cm³/mol. The lowest BCUT2D eigenvalue weighted by molar-refractivity contribution is 0.269. The van der Waals surface area contributed by atoms with Crippen LogP contribution in [0.15, 0.2) is 0 Å². The molecule has 0 aromatic carbocycles. The van der Waals surface area contributed by atoms with Crippen molar-refractivity contribution in [3.8, 4) is 0 Å². The molecule has 4 nitrogen and oxygen atoms in total. The molecule has 1 rings (SSSR count). The van der Waals surface area contributed by atoms with Gasteiger partial charge in [-0.1, -0.05) is 41.5 Å².